The normalized spacial score (nSPS) is 21.8. The Bertz CT molecular complexity index is 2360. The number of nitrogens with zero attached hydrogens (tertiary/aromatic N) is 6. The van der Waals surface area contributed by atoms with Gasteiger partial charge >= 0.3 is 0 Å². The van der Waals surface area contributed by atoms with Gasteiger partial charge in [0.05, 0.1) is 11.3 Å². The summed E-state index contributed by atoms with van der Waals surface area (Å²) >= 11 is 4.70. The average molecular weight is 679 g/mol. The fraction of sp³-hybridized carbons (Fsp3) is 0.294. The Labute approximate surface area is 282 Å². The fourth-order valence-electron chi connectivity index (χ4n) is 6.89. The molecule has 0 bridgehead atoms. The molecule has 0 aromatic carbocycles. The minimum Gasteiger partial charge on any atom is -0.286 e. The van der Waals surface area contributed by atoms with Gasteiger partial charge in [0.1, 0.15) is 33.1 Å². The van der Waals surface area contributed by atoms with E-state index in [9.17, 15) is 24.4 Å². The highest BCUT2D eigenvalue weighted by Crippen LogP contribution is 2.68. The third kappa shape index (κ3) is 3.91. The SMILES string of the molecule is [C-]#[N+]C1=C(C)C(=Nc2cc3sc4c(c3s2)C(C)(C)C2=C4C(C)(C)c3cc(N=C4C(=O)N(C)C(=O)C(C#N)=C4C)sc32)C(=O)N(C)C1=O. The average Bonchev–Trinajstić information content (AvgIpc) is 3.78. The quantitative estimate of drug-likeness (QED) is 0.220. The monoisotopic (exact) mass is 678 g/mol. The van der Waals surface area contributed by atoms with Crippen LogP contribution in [-0.4, -0.2) is 58.9 Å². The maximum atomic E-state index is 13.0. The van der Waals surface area contributed by atoms with Gasteiger partial charge in [-0.05, 0) is 53.8 Å². The Morgan fingerprint density at radius 1 is 0.787 bits per heavy atom. The number of carbonyl (C=O) groups excluding carboxylic acids is 4. The summed E-state index contributed by atoms with van der Waals surface area (Å²) in [4.78, 5) is 67.8. The van der Waals surface area contributed by atoms with Gasteiger partial charge in [-0.25, -0.2) is 14.8 Å². The number of hydrogen-bond acceptors (Lipinski definition) is 10. The molecule has 2 aliphatic carbocycles. The van der Waals surface area contributed by atoms with Gasteiger partial charge in [-0.3, -0.25) is 29.0 Å². The molecule has 0 saturated carbocycles. The molecule has 2 aliphatic heterocycles. The van der Waals surface area contributed by atoms with E-state index in [-0.39, 0.29) is 44.7 Å². The Balaban J connectivity index is 1.32. The highest BCUT2D eigenvalue weighted by molar-refractivity contribution is 7.30. The van der Waals surface area contributed by atoms with Gasteiger partial charge in [-0.2, -0.15) is 5.26 Å². The second kappa shape index (κ2) is 9.84. The first kappa shape index (κ1) is 30.8. The predicted molar refractivity (Wildman–Crippen MR) is 184 cm³/mol. The molecule has 0 atom stereocenters. The van der Waals surface area contributed by atoms with Crippen molar-refractivity contribution in [2.45, 2.75) is 52.4 Å². The Kier molecular flexibility index (Phi) is 6.45. The lowest BCUT2D eigenvalue weighted by Crippen LogP contribution is -2.44. The number of carbonyl (C=O) groups is 4. The maximum Gasteiger partial charge on any atom is 0.279 e. The highest BCUT2D eigenvalue weighted by Gasteiger charge is 2.53. The van der Waals surface area contributed by atoms with Crippen LogP contribution in [0.25, 0.3) is 25.4 Å². The molecule has 0 radical (unpaired) electrons. The van der Waals surface area contributed by atoms with E-state index in [0.717, 1.165) is 29.6 Å². The van der Waals surface area contributed by atoms with Crippen LogP contribution >= 0.6 is 34.0 Å². The fourth-order valence-corrected chi connectivity index (χ4v) is 11.3. The molecule has 0 spiro atoms. The number of hydrogen-bond donors (Lipinski definition) is 0. The molecular weight excluding hydrogens is 653 g/mol. The molecule has 4 aliphatic rings. The van der Waals surface area contributed by atoms with E-state index >= 15 is 0 Å². The lowest BCUT2D eigenvalue weighted by Gasteiger charge is -2.24. The van der Waals surface area contributed by atoms with Crippen molar-refractivity contribution in [3.63, 3.8) is 0 Å². The summed E-state index contributed by atoms with van der Waals surface area (Å²) in [5, 5.41) is 10.8. The largest absolute Gasteiger partial charge is 0.286 e. The van der Waals surface area contributed by atoms with E-state index in [4.69, 9.17) is 11.6 Å². The number of amides is 4. The van der Waals surface area contributed by atoms with Crippen LogP contribution in [0.15, 0.2) is 44.5 Å². The summed E-state index contributed by atoms with van der Waals surface area (Å²) in [5.74, 6) is -2.31. The zero-order chi connectivity index (χ0) is 34.1. The maximum absolute atomic E-state index is 13.0. The lowest BCUT2D eigenvalue weighted by atomic mass is 9.81. The number of thiophene rings is 3. The van der Waals surface area contributed by atoms with E-state index in [1.165, 1.54) is 58.4 Å². The smallest absolute Gasteiger partial charge is 0.279 e. The summed E-state index contributed by atoms with van der Waals surface area (Å²) in [6.07, 6.45) is 0. The molecule has 47 heavy (non-hydrogen) atoms. The molecule has 0 saturated heterocycles. The number of imide groups is 2. The van der Waals surface area contributed by atoms with Crippen molar-refractivity contribution in [3.05, 3.63) is 66.8 Å². The number of allylic oxidation sites excluding steroid dienone is 2. The Morgan fingerprint density at radius 2 is 1.36 bits per heavy atom. The number of likely N-dealkylation sites (N-methyl/N-ethyl adjacent to an activating group) is 2. The Hall–Kier alpha value is -4.82. The van der Waals surface area contributed by atoms with Crippen molar-refractivity contribution in [1.29, 1.82) is 5.26 Å². The van der Waals surface area contributed by atoms with Gasteiger partial charge in [0, 0.05) is 45.0 Å². The van der Waals surface area contributed by atoms with Crippen LogP contribution in [0.3, 0.4) is 0 Å². The zero-order valence-electron chi connectivity index (χ0n) is 26.7. The molecule has 13 heteroatoms. The third-order valence-electron chi connectivity index (χ3n) is 9.47. The summed E-state index contributed by atoms with van der Waals surface area (Å²) < 4.78 is 2.14. The van der Waals surface area contributed by atoms with E-state index in [1.807, 2.05) is 18.2 Å². The number of rotatable bonds is 2. The minimum atomic E-state index is -0.626. The van der Waals surface area contributed by atoms with Crippen LogP contribution < -0.4 is 0 Å². The van der Waals surface area contributed by atoms with Crippen molar-refractivity contribution in [2.24, 2.45) is 9.98 Å². The zero-order valence-corrected chi connectivity index (χ0v) is 29.1. The van der Waals surface area contributed by atoms with Crippen LogP contribution in [0.2, 0.25) is 0 Å². The second-order valence-electron chi connectivity index (χ2n) is 12.9. The van der Waals surface area contributed by atoms with Gasteiger partial charge in [-0.1, -0.05) is 27.7 Å². The molecular formula is C34H26N6O4S3. The number of fused-ring (bicyclic) bond motifs is 6. The summed E-state index contributed by atoms with van der Waals surface area (Å²) in [6, 6.07) is 5.91. The molecule has 7 rings (SSSR count). The predicted octanol–water partition coefficient (Wildman–Crippen LogP) is 6.69. The first-order valence-electron chi connectivity index (χ1n) is 14.6. The highest BCUT2D eigenvalue weighted by atomic mass is 32.1. The summed E-state index contributed by atoms with van der Waals surface area (Å²) in [5.41, 5.74) is 4.64. The van der Waals surface area contributed by atoms with Crippen LogP contribution in [0.4, 0.5) is 10.0 Å². The minimum absolute atomic E-state index is 0.0857. The van der Waals surface area contributed by atoms with Crippen molar-refractivity contribution in [3.8, 4) is 6.07 Å². The van der Waals surface area contributed by atoms with Gasteiger partial charge in [0.2, 0.25) is 0 Å². The molecule has 0 unspecified atom stereocenters. The summed E-state index contributed by atoms with van der Waals surface area (Å²) in [6.45, 7) is 19.4. The molecule has 5 heterocycles. The summed E-state index contributed by atoms with van der Waals surface area (Å²) in [7, 11) is 2.72. The first-order valence-corrected chi connectivity index (χ1v) is 17.0. The van der Waals surface area contributed by atoms with Gasteiger partial charge < -0.3 is 0 Å². The van der Waals surface area contributed by atoms with Crippen molar-refractivity contribution in [2.75, 3.05) is 14.1 Å². The number of aliphatic imine (C=N–C) groups is 2. The van der Waals surface area contributed by atoms with E-state index in [1.54, 1.807) is 25.2 Å². The van der Waals surface area contributed by atoms with E-state index < -0.39 is 23.6 Å². The van der Waals surface area contributed by atoms with Crippen LogP contribution in [0, 0.1) is 17.9 Å². The first-order chi connectivity index (χ1) is 22.1. The number of nitriles is 1. The lowest BCUT2D eigenvalue weighted by molar-refractivity contribution is -0.138. The van der Waals surface area contributed by atoms with Gasteiger partial charge in [-0.15, -0.1) is 34.0 Å². The van der Waals surface area contributed by atoms with Crippen LogP contribution in [0.1, 0.15) is 62.4 Å². The van der Waals surface area contributed by atoms with Crippen molar-refractivity contribution < 1.29 is 19.2 Å². The van der Waals surface area contributed by atoms with Gasteiger partial charge in [0.15, 0.2) is 0 Å². The van der Waals surface area contributed by atoms with Gasteiger partial charge in [0.25, 0.3) is 29.3 Å². The second-order valence-corrected chi connectivity index (χ2v) is 16.0. The van der Waals surface area contributed by atoms with Crippen molar-refractivity contribution >= 4 is 99.6 Å². The molecule has 0 fully saturated rings. The molecule has 3 aromatic heterocycles. The molecule has 4 amide bonds. The molecule has 10 nitrogen and oxygen atoms in total. The van der Waals surface area contributed by atoms with E-state index in [0.29, 0.717) is 10.0 Å². The van der Waals surface area contributed by atoms with Crippen LogP contribution in [0.5, 0.6) is 0 Å². The topological polar surface area (TPSA) is 128 Å². The molecule has 0 N–H and O–H groups in total. The van der Waals surface area contributed by atoms with E-state index in [2.05, 4.69) is 37.5 Å². The van der Waals surface area contributed by atoms with Crippen LogP contribution in [-0.2, 0) is 30.0 Å². The standard InChI is InChI=1S/C34H26N6O4S3/c1-13-15(12-35)29(41)39(8)31(43)24(13)37-18-10-16-26(46-18)20-21(33(16,3)4)28-22(34(20,5)6)27-17(45-28)11-19(47-27)38-25-14(2)23(36-7)30(42)40(9)32(25)44/h10-11H,1-6,8-9H3. The molecule has 234 valence electrons. The third-order valence-corrected chi connectivity index (χ3v) is 12.8. The Morgan fingerprint density at radius 3 is 1.98 bits per heavy atom. The van der Waals surface area contributed by atoms with Crippen molar-refractivity contribution in [1.82, 2.24) is 9.80 Å². The molecule has 3 aromatic rings.